The third kappa shape index (κ3) is 12.0. The second-order valence-electron chi connectivity index (χ2n) is 16.7. The van der Waals surface area contributed by atoms with Crippen LogP contribution in [0.2, 0.25) is 5.02 Å². The maximum Gasteiger partial charge on any atom is 0.266 e. The number of aryl methyl sites for hydroxylation is 1. The second kappa shape index (κ2) is 23.5. The molecule has 5 rings (SSSR count). The lowest BCUT2D eigenvalue weighted by Crippen LogP contribution is -2.50. The van der Waals surface area contributed by atoms with Crippen LogP contribution in [0.5, 0.6) is 11.6 Å². The summed E-state index contributed by atoms with van der Waals surface area (Å²) in [6.45, 7) is 23.7. The summed E-state index contributed by atoms with van der Waals surface area (Å²) >= 11 is 6.92. The van der Waals surface area contributed by atoms with Crippen LogP contribution < -0.4 is 21.1 Å². The molecule has 0 bridgehead atoms. The summed E-state index contributed by atoms with van der Waals surface area (Å²) in [7, 11) is 4.86. The average molecular weight is 874 g/mol. The van der Waals surface area contributed by atoms with Crippen LogP contribution in [0.1, 0.15) is 124 Å². The van der Waals surface area contributed by atoms with Crippen molar-refractivity contribution in [2.45, 2.75) is 125 Å². The molecule has 0 saturated carbocycles. The van der Waals surface area contributed by atoms with E-state index in [0.29, 0.717) is 57.5 Å². The summed E-state index contributed by atoms with van der Waals surface area (Å²) in [6, 6.07) is 12.5. The van der Waals surface area contributed by atoms with Crippen LogP contribution in [0.15, 0.2) is 66.6 Å². The first-order chi connectivity index (χ1) is 29.5. The number of anilines is 1. The summed E-state index contributed by atoms with van der Waals surface area (Å²) in [5, 5.41) is 17.6. The molecule has 4 atom stereocenters. The number of amides is 3. The van der Waals surface area contributed by atoms with Crippen molar-refractivity contribution in [1.29, 1.82) is 0 Å². The fourth-order valence-corrected chi connectivity index (χ4v) is 8.17. The monoisotopic (exact) mass is 873 g/mol. The smallest absolute Gasteiger partial charge is 0.266 e. The average Bonchev–Trinajstić information content (AvgIpc) is 3.66. The maximum absolute atomic E-state index is 13.0. The number of rotatable bonds is 16. The molecule has 0 spiro atoms. The first-order valence-electron chi connectivity index (χ1n) is 22.4. The van der Waals surface area contributed by atoms with E-state index in [1.807, 2.05) is 32.9 Å². The Kier molecular flexibility index (Phi) is 19.5. The van der Waals surface area contributed by atoms with E-state index < -0.39 is 11.8 Å². The number of methoxy groups -OCH3 is 1. The van der Waals surface area contributed by atoms with Crippen LogP contribution in [-0.2, 0) is 20.8 Å². The van der Waals surface area contributed by atoms with Gasteiger partial charge in [-0.15, -0.1) is 0 Å². The van der Waals surface area contributed by atoms with Gasteiger partial charge >= 0.3 is 0 Å². The van der Waals surface area contributed by atoms with Gasteiger partial charge in [0.25, 0.3) is 11.8 Å². The lowest BCUT2D eigenvalue weighted by atomic mass is 9.83. The molecule has 340 valence electrons. The molecule has 1 aromatic heterocycles. The molecule has 1 aliphatic carbocycles. The Morgan fingerprint density at radius 2 is 1.68 bits per heavy atom. The SMILES string of the molecule is C=C1N(C)C=C(C(=O)Nc2cccc(-c3cccc(-c4cc5c(c(OC)n4)C(C)CC5)c3Cl)c2O)C(=O)N1C.CC.CCC(C)CCC(CC)(CC)NC(=O)C(C)C(C)CCN. The number of phenols is 1. The molecule has 2 aliphatic rings. The summed E-state index contributed by atoms with van der Waals surface area (Å²) in [5.41, 5.74) is 10.4. The first kappa shape index (κ1) is 51.5. The van der Waals surface area contributed by atoms with Crippen LogP contribution in [0.4, 0.5) is 5.69 Å². The minimum Gasteiger partial charge on any atom is -0.505 e. The highest BCUT2D eigenvalue weighted by Gasteiger charge is 2.32. The number of para-hydroxylation sites is 1. The fourth-order valence-electron chi connectivity index (χ4n) is 7.85. The number of nitrogens with two attached hydrogens (primary N) is 1. The Balaban J connectivity index is 0.000000380. The molecular weight excluding hydrogens is 800 g/mol. The topological polar surface area (TPSA) is 150 Å². The highest BCUT2D eigenvalue weighted by Crippen LogP contribution is 2.45. The minimum atomic E-state index is -0.651. The van der Waals surface area contributed by atoms with Gasteiger partial charge in [0.1, 0.15) is 17.1 Å². The summed E-state index contributed by atoms with van der Waals surface area (Å²) in [5.74, 6) is 1.42. The van der Waals surface area contributed by atoms with Crippen LogP contribution in [0, 0.1) is 17.8 Å². The van der Waals surface area contributed by atoms with Gasteiger partial charge in [-0.1, -0.05) is 117 Å². The molecule has 3 aromatic rings. The number of nitrogens with one attached hydrogen (secondary N) is 2. The fraction of sp³-hybridized carbons (Fsp3) is 0.520. The van der Waals surface area contributed by atoms with Gasteiger partial charge in [-0.05, 0) is 86.9 Å². The van der Waals surface area contributed by atoms with Crippen molar-refractivity contribution in [3.8, 4) is 34.0 Å². The lowest BCUT2D eigenvalue weighted by molar-refractivity contribution is -0.129. The zero-order valence-electron chi connectivity index (χ0n) is 39.4. The van der Waals surface area contributed by atoms with Crippen molar-refractivity contribution >= 4 is 35.0 Å². The zero-order chi connectivity index (χ0) is 46.5. The number of hydrogen-bond acceptors (Lipinski definition) is 8. The quantitative estimate of drug-likeness (QED) is 0.0821. The Labute approximate surface area is 376 Å². The van der Waals surface area contributed by atoms with Gasteiger partial charge in [0.15, 0.2) is 0 Å². The number of nitrogens with zero attached hydrogens (tertiary/aromatic N) is 3. The number of likely N-dealkylation sites (N-methyl/N-ethyl adjacent to an activating group) is 1. The molecule has 4 unspecified atom stereocenters. The standard InChI is InChI=1S/C30H29ClN4O4.C18H38N2O.C2H6/c1-16-12-13-18-14-24(33-29(39-5)25(16)18)21-10-6-8-19(26(21)31)20-9-7-11-23(27(20)36)32-28(37)22-15-34(3)17(2)35(4)30(22)38;1-7-14(4)10-12-18(8-2,9-3)20-17(21)16(6)15(5)11-13-19;1-2/h6-11,14-16,36H,2,12-13H2,1,3-5H3,(H,32,37);14-16H,7-13,19H2,1-6H3,(H,20,21);1-2H3. The van der Waals surface area contributed by atoms with Gasteiger partial charge < -0.3 is 31.1 Å². The number of ether oxygens (including phenoxy) is 1. The number of hydrogen-bond donors (Lipinski definition) is 4. The molecule has 0 radical (unpaired) electrons. The van der Waals surface area contributed by atoms with Crippen molar-refractivity contribution in [2.75, 3.05) is 33.1 Å². The van der Waals surface area contributed by atoms with Crippen molar-refractivity contribution in [3.05, 3.63) is 82.8 Å². The van der Waals surface area contributed by atoms with Gasteiger partial charge in [0.2, 0.25) is 11.8 Å². The minimum absolute atomic E-state index is 0.0305. The number of benzene rings is 2. The maximum atomic E-state index is 13.0. The number of carbonyl (C=O) groups is 3. The number of phenolic OH excluding ortho intramolecular Hbond substituents is 1. The molecule has 2 aromatic carbocycles. The molecule has 12 heteroatoms. The predicted octanol–water partition coefficient (Wildman–Crippen LogP) is 10.7. The molecule has 5 N–H and O–H groups in total. The molecule has 62 heavy (non-hydrogen) atoms. The van der Waals surface area contributed by atoms with Crippen molar-refractivity contribution < 1.29 is 24.2 Å². The van der Waals surface area contributed by atoms with E-state index in [2.05, 4.69) is 64.8 Å². The predicted molar refractivity (Wildman–Crippen MR) is 255 cm³/mol. The number of fused-ring (bicyclic) bond motifs is 1. The van der Waals surface area contributed by atoms with Crippen molar-refractivity contribution in [1.82, 2.24) is 20.1 Å². The number of halogens is 1. The molecule has 2 heterocycles. The van der Waals surface area contributed by atoms with E-state index in [9.17, 15) is 19.5 Å². The summed E-state index contributed by atoms with van der Waals surface area (Å²) in [6.07, 6.45) is 9.80. The number of aromatic hydroxyl groups is 1. The number of aromatic nitrogens is 1. The zero-order valence-corrected chi connectivity index (χ0v) is 40.1. The van der Waals surface area contributed by atoms with Crippen LogP contribution in [0.25, 0.3) is 22.4 Å². The van der Waals surface area contributed by atoms with Crippen molar-refractivity contribution in [2.24, 2.45) is 23.5 Å². The summed E-state index contributed by atoms with van der Waals surface area (Å²) < 4.78 is 5.62. The Morgan fingerprint density at radius 1 is 1.05 bits per heavy atom. The van der Waals surface area contributed by atoms with Crippen LogP contribution >= 0.6 is 11.6 Å². The van der Waals surface area contributed by atoms with Crippen LogP contribution in [-0.4, -0.2) is 70.9 Å². The Bertz CT molecular complexity index is 2060. The van der Waals surface area contributed by atoms with E-state index >= 15 is 0 Å². The number of pyridine rings is 1. The highest BCUT2D eigenvalue weighted by molar-refractivity contribution is 6.36. The van der Waals surface area contributed by atoms with Gasteiger partial charge in [-0.3, -0.25) is 19.3 Å². The van der Waals surface area contributed by atoms with Gasteiger partial charge in [0.05, 0.1) is 23.5 Å². The van der Waals surface area contributed by atoms with Gasteiger partial charge in [-0.25, -0.2) is 4.98 Å². The third-order valence-electron chi connectivity index (χ3n) is 12.8. The van der Waals surface area contributed by atoms with E-state index in [1.54, 1.807) is 50.4 Å². The first-order valence-corrected chi connectivity index (χ1v) is 22.8. The molecule has 3 amide bonds. The van der Waals surface area contributed by atoms with Gasteiger partial charge in [0, 0.05) is 54.0 Å². The largest absolute Gasteiger partial charge is 0.505 e. The van der Waals surface area contributed by atoms with E-state index in [1.165, 1.54) is 29.5 Å². The third-order valence-corrected chi connectivity index (χ3v) is 13.2. The Morgan fingerprint density at radius 3 is 2.29 bits per heavy atom. The van der Waals surface area contributed by atoms with E-state index in [4.69, 9.17) is 27.1 Å². The summed E-state index contributed by atoms with van der Waals surface area (Å²) in [4.78, 5) is 45.9. The lowest BCUT2D eigenvalue weighted by Gasteiger charge is -2.36. The van der Waals surface area contributed by atoms with Crippen LogP contribution in [0.3, 0.4) is 0 Å². The van der Waals surface area contributed by atoms with Gasteiger partial charge in [-0.2, -0.15) is 0 Å². The normalized spacial score (nSPS) is 16.2. The molecular formula is C50H73ClN6O5. The molecule has 0 saturated heterocycles. The second-order valence-corrected chi connectivity index (χ2v) is 17.0. The van der Waals surface area contributed by atoms with E-state index in [-0.39, 0.29) is 34.4 Å². The van der Waals surface area contributed by atoms with E-state index in [0.717, 1.165) is 50.0 Å². The molecule has 1 aliphatic heterocycles. The highest BCUT2D eigenvalue weighted by atomic mass is 35.5. The Hall–Kier alpha value is -4.87. The molecule has 0 fully saturated rings. The van der Waals surface area contributed by atoms with Crippen molar-refractivity contribution in [3.63, 3.8) is 0 Å². The molecule has 11 nitrogen and oxygen atoms in total. The number of carbonyl (C=O) groups excluding carboxylic acids is 3.